The van der Waals surface area contributed by atoms with E-state index in [9.17, 15) is 19.2 Å². The maximum absolute atomic E-state index is 10.9. The van der Waals surface area contributed by atoms with Crippen LogP contribution in [-0.4, -0.2) is 44.3 Å². The molecule has 0 radical (unpaired) electrons. The molecule has 2 rings (SSSR count). The number of carboxylic acid groups (broad SMARTS) is 4. The van der Waals surface area contributed by atoms with Crippen molar-refractivity contribution in [2.24, 2.45) is 0 Å². The molecule has 0 saturated carbocycles. The zero-order valence-electron chi connectivity index (χ0n) is 37.3. The third-order valence-corrected chi connectivity index (χ3v) is 14.0. The Kier molecular flexibility index (Phi) is 28.9. The number of rotatable bonds is 40. The van der Waals surface area contributed by atoms with Crippen molar-refractivity contribution in [3.8, 4) is 0 Å². The van der Waals surface area contributed by atoms with Crippen LogP contribution in [0.5, 0.6) is 0 Å². The second-order valence-corrected chi connectivity index (χ2v) is 19.8. The topological polar surface area (TPSA) is 161 Å². The lowest BCUT2D eigenvalue weighted by Gasteiger charge is -2.35. The van der Waals surface area contributed by atoms with Gasteiger partial charge in [0, 0.05) is 47.4 Å². The summed E-state index contributed by atoms with van der Waals surface area (Å²) in [6, 6.07) is 17.6. The van der Waals surface area contributed by atoms with Gasteiger partial charge in [-0.2, -0.15) is 0 Å². The molecule has 0 bridgehead atoms. The number of nitrogens with one attached hydrogen (secondary N) is 1. The molecule has 0 fully saturated rings. The minimum absolute atomic E-state index is 0.127. The van der Waals surface area contributed by atoms with Crippen molar-refractivity contribution in [2.45, 2.75) is 216 Å². The summed E-state index contributed by atoms with van der Waals surface area (Å²) in [5, 5.41) is 39.7. The van der Waals surface area contributed by atoms with Crippen LogP contribution in [0.15, 0.2) is 48.5 Å². The van der Waals surface area contributed by atoms with E-state index < -0.39 is 23.9 Å². The maximum Gasteiger partial charge on any atom is 0.303 e. The van der Waals surface area contributed by atoms with Gasteiger partial charge in [-0.15, -0.1) is 18.5 Å². The number of para-hydroxylation sites is 2. The first-order chi connectivity index (χ1) is 29.4. The molecule has 0 aliphatic carbocycles. The van der Waals surface area contributed by atoms with Gasteiger partial charge in [0.05, 0.1) is 0 Å². The number of carboxylic acids is 4. The van der Waals surface area contributed by atoms with E-state index in [1.807, 2.05) is 0 Å². The van der Waals surface area contributed by atoms with E-state index in [4.69, 9.17) is 20.4 Å². The first-order valence-corrected chi connectivity index (χ1v) is 24.9. The predicted octanol–water partition coefficient (Wildman–Crippen LogP) is 14.4. The SMILES string of the molecule is O=C(O)CCCCCCCCC(P)(CCCCCCCCC(=O)O)c1ccccc1Nc1ccccc1C(P)(CCCCCCCCC(=O)O)CCCCCCCCC(=O)O. The summed E-state index contributed by atoms with van der Waals surface area (Å²) in [5.74, 6) is -2.88. The third-order valence-electron chi connectivity index (χ3n) is 12.3. The summed E-state index contributed by atoms with van der Waals surface area (Å²) in [4.78, 5) is 43.8. The van der Waals surface area contributed by atoms with Crippen molar-refractivity contribution in [3.05, 3.63) is 59.7 Å². The quantitative estimate of drug-likeness (QED) is 0.0324. The fraction of sp³-hybridized carbons (Fsp3) is 0.680. The number of hydrogen-bond donors (Lipinski definition) is 5. The number of hydrogen-bond acceptors (Lipinski definition) is 5. The van der Waals surface area contributed by atoms with Crippen LogP contribution in [0.3, 0.4) is 0 Å². The fourth-order valence-corrected chi connectivity index (χ4v) is 10.0. The molecule has 0 aromatic heterocycles. The highest BCUT2D eigenvalue weighted by atomic mass is 31.0. The van der Waals surface area contributed by atoms with Crippen molar-refractivity contribution >= 4 is 53.7 Å². The van der Waals surface area contributed by atoms with Gasteiger partial charge in [0.15, 0.2) is 0 Å². The van der Waals surface area contributed by atoms with E-state index >= 15 is 0 Å². The highest BCUT2D eigenvalue weighted by Crippen LogP contribution is 2.48. The molecule has 344 valence electrons. The van der Waals surface area contributed by atoms with Crippen LogP contribution >= 0.6 is 18.5 Å². The zero-order valence-corrected chi connectivity index (χ0v) is 39.6. The monoisotopic (exact) mass is 886 g/mol. The van der Waals surface area contributed by atoms with Gasteiger partial charge < -0.3 is 25.7 Å². The van der Waals surface area contributed by atoms with Gasteiger partial charge in [-0.25, -0.2) is 0 Å². The van der Waals surface area contributed by atoms with Gasteiger partial charge in [-0.05, 0) is 74.6 Å². The largest absolute Gasteiger partial charge is 0.481 e. The van der Waals surface area contributed by atoms with Gasteiger partial charge in [0.2, 0.25) is 0 Å². The molecule has 0 spiro atoms. The summed E-state index contributed by atoms with van der Waals surface area (Å²) >= 11 is 0. The first kappa shape index (κ1) is 54.1. The third kappa shape index (κ3) is 25.0. The number of aliphatic carboxylic acids is 4. The fourth-order valence-electron chi connectivity index (χ4n) is 8.68. The molecular formula is C50H81NO8P2. The molecule has 0 heterocycles. The minimum atomic E-state index is -0.720. The van der Waals surface area contributed by atoms with Gasteiger partial charge in [-0.3, -0.25) is 19.2 Å². The summed E-state index contributed by atoms with van der Waals surface area (Å²) in [7, 11) is 6.57. The lowest BCUT2D eigenvalue weighted by molar-refractivity contribution is -0.138. The van der Waals surface area contributed by atoms with E-state index in [2.05, 4.69) is 72.3 Å². The number of carbonyl (C=O) groups is 4. The van der Waals surface area contributed by atoms with Crippen molar-refractivity contribution in [1.82, 2.24) is 0 Å². The van der Waals surface area contributed by atoms with Crippen molar-refractivity contribution in [2.75, 3.05) is 5.32 Å². The molecule has 2 aromatic rings. The van der Waals surface area contributed by atoms with Crippen LogP contribution in [0.2, 0.25) is 0 Å². The molecule has 2 atom stereocenters. The summed E-state index contributed by atoms with van der Waals surface area (Å²) in [6.07, 6.45) is 29.4. The van der Waals surface area contributed by atoms with Crippen LogP contribution in [0, 0.1) is 0 Å². The molecule has 61 heavy (non-hydrogen) atoms. The van der Waals surface area contributed by atoms with E-state index in [0.29, 0.717) is 0 Å². The molecule has 11 heteroatoms. The predicted molar refractivity (Wildman–Crippen MR) is 257 cm³/mol. The van der Waals surface area contributed by atoms with Crippen molar-refractivity contribution < 1.29 is 39.6 Å². The maximum atomic E-state index is 10.9. The molecule has 0 amide bonds. The Morgan fingerprint density at radius 1 is 0.361 bits per heavy atom. The Labute approximate surface area is 372 Å². The Bertz CT molecular complexity index is 1360. The average Bonchev–Trinajstić information content (AvgIpc) is 3.21. The van der Waals surface area contributed by atoms with Crippen LogP contribution in [0.4, 0.5) is 11.4 Å². The lowest BCUT2D eigenvalue weighted by Crippen LogP contribution is -2.22. The van der Waals surface area contributed by atoms with Gasteiger partial charge in [-0.1, -0.05) is 165 Å². The van der Waals surface area contributed by atoms with E-state index in [1.165, 1.54) is 11.1 Å². The standard InChI is InChI=1S/C50H81NO8P2/c52-45(53)33-17-9-1-5-13-25-37-49(60,38-26-14-6-2-10-18-34-46(54)55)41-29-21-23-31-43(41)51-44-32-24-22-30-42(44)50(61,39-27-15-7-3-11-19-35-47(56)57)40-28-16-8-4-12-20-36-48(58)59/h21-24,29-32,51H,1-20,25-28,33-40,60-61H2,(H,52,53)(H,54,55)(H,56,57)(H,58,59). The second kappa shape index (κ2) is 32.6. The van der Waals surface area contributed by atoms with Crippen LogP contribution in [-0.2, 0) is 29.5 Å². The average molecular weight is 886 g/mol. The van der Waals surface area contributed by atoms with Crippen molar-refractivity contribution in [1.29, 1.82) is 0 Å². The highest BCUT2D eigenvalue weighted by Gasteiger charge is 2.31. The number of anilines is 2. The normalized spacial score (nSPS) is 11.8. The number of unbranched alkanes of at least 4 members (excludes halogenated alkanes) is 20. The molecule has 0 aliphatic rings. The van der Waals surface area contributed by atoms with Gasteiger partial charge in [0.1, 0.15) is 0 Å². The van der Waals surface area contributed by atoms with Crippen LogP contribution in [0.1, 0.15) is 217 Å². The first-order valence-electron chi connectivity index (χ1n) is 23.8. The van der Waals surface area contributed by atoms with E-state index in [0.717, 1.165) is 191 Å². The molecule has 5 N–H and O–H groups in total. The Morgan fingerprint density at radius 3 is 0.820 bits per heavy atom. The molecule has 9 nitrogen and oxygen atoms in total. The molecule has 0 saturated heterocycles. The summed E-state index contributed by atoms with van der Waals surface area (Å²) in [6.45, 7) is 0. The van der Waals surface area contributed by atoms with E-state index in [1.54, 1.807) is 0 Å². The number of benzene rings is 2. The Balaban J connectivity index is 2.26. The van der Waals surface area contributed by atoms with Crippen LogP contribution < -0.4 is 5.32 Å². The van der Waals surface area contributed by atoms with Gasteiger partial charge in [0.25, 0.3) is 0 Å². The molecule has 2 aromatic carbocycles. The molecule has 2 unspecified atom stereocenters. The Morgan fingerprint density at radius 2 is 0.574 bits per heavy atom. The van der Waals surface area contributed by atoms with Gasteiger partial charge >= 0.3 is 23.9 Å². The molecule has 0 aliphatic heterocycles. The van der Waals surface area contributed by atoms with E-state index in [-0.39, 0.29) is 36.0 Å². The lowest BCUT2D eigenvalue weighted by atomic mass is 9.84. The Hall–Kier alpha value is -3.02. The minimum Gasteiger partial charge on any atom is -0.481 e. The van der Waals surface area contributed by atoms with Crippen molar-refractivity contribution in [3.63, 3.8) is 0 Å². The smallest absolute Gasteiger partial charge is 0.303 e. The second-order valence-electron chi connectivity index (χ2n) is 17.6. The highest BCUT2D eigenvalue weighted by molar-refractivity contribution is 7.18. The zero-order chi connectivity index (χ0) is 44.6. The summed E-state index contributed by atoms with van der Waals surface area (Å²) in [5.41, 5.74) is 4.86. The van der Waals surface area contributed by atoms with Crippen LogP contribution in [0.25, 0.3) is 0 Å². The summed E-state index contributed by atoms with van der Waals surface area (Å²) < 4.78 is 0. The molecular weight excluding hydrogens is 804 g/mol.